The Hall–Kier alpha value is -3.81. The normalized spacial score (nSPS) is 19.6. The van der Waals surface area contributed by atoms with Crippen LogP contribution in [0, 0.1) is 5.92 Å². The van der Waals surface area contributed by atoms with E-state index in [-0.39, 0.29) is 12.1 Å². The minimum absolute atomic E-state index is 0.0262. The van der Waals surface area contributed by atoms with Gasteiger partial charge in [-0.2, -0.15) is 0 Å². The number of nitrogens with zero attached hydrogens (tertiary/aromatic N) is 4. The number of hydrogen-bond acceptors (Lipinski definition) is 6. The number of aliphatic hydroxyl groups is 1. The number of hydrogen-bond donors (Lipinski definition) is 2. The van der Waals surface area contributed by atoms with Crippen molar-refractivity contribution in [2.24, 2.45) is 5.92 Å². The van der Waals surface area contributed by atoms with E-state index in [1.165, 1.54) is 11.1 Å². The minimum atomic E-state index is -1.17. The molecule has 0 spiro atoms. The maximum atomic E-state index is 10.5. The predicted octanol–water partition coefficient (Wildman–Crippen LogP) is 6.29. The molecule has 2 N–H and O–H groups in total. The van der Waals surface area contributed by atoms with Crippen molar-refractivity contribution in [2.45, 2.75) is 64.0 Å². The van der Waals surface area contributed by atoms with Crippen molar-refractivity contribution >= 4 is 27.8 Å². The lowest BCUT2D eigenvalue weighted by Gasteiger charge is -2.27. The van der Waals surface area contributed by atoms with Gasteiger partial charge in [0, 0.05) is 35.8 Å². The van der Waals surface area contributed by atoms with Crippen LogP contribution in [0.25, 0.3) is 21.9 Å². The van der Waals surface area contributed by atoms with Gasteiger partial charge in [0.2, 0.25) is 0 Å². The van der Waals surface area contributed by atoms with Gasteiger partial charge in [-0.3, -0.25) is 0 Å². The smallest absolute Gasteiger partial charge is 0.160 e. The summed E-state index contributed by atoms with van der Waals surface area (Å²) in [5, 5.41) is 16.1. The van der Waals surface area contributed by atoms with Gasteiger partial charge < -0.3 is 19.7 Å². The van der Waals surface area contributed by atoms with Crippen LogP contribution in [0.2, 0.25) is 0 Å². The first-order valence-corrected chi connectivity index (χ1v) is 13.8. The number of anilines is 1. The van der Waals surface area contributed by atoms with E-state index >= 15 is 0 Å². The summed E-state index contributed by atoms with van der Waals surface area (Å²) >= 11 is 0. The van der Waals surface area contributed by atoms with Crippen LogP contribution in [0.15, 0.2) is 85.5 Å². The van der Waals surface area contributed by atoms with E-state index in [2.05, 4.69) is 80.6 Å². The van der Waals surface area contributed by atoms with Gasteiger partial charge in [0.25, 0.3) is 0 Å². The third-order valence-corrected chi connectivity index (χ3v) is 7.69. The molecular formula is C32H35N5O2. The average molecular weight is 522 g/mol. The summed E-state index contributed by atoms with van der Waals surface area (Å²) in [6.07, 6.45) is 9.26. The SMILES string of the molecule is CC(C)(O)O[C@H]1C[C@H](n2ccc3cncnc32)C[C@@H]1CCc1ccc2ccc(NCc3ccccc3)nc2c1. The Balaban J connectivity index is 1.16. The molecule has 6 rings (SSSR count). The molecule has 0 bridgehead atoms. The molecule has 0 amide bonds. The molecule has 0 unspecified atom stereocenters. The topological polar surface area (TPSA) is 85.1 Å². The van der Waals surface area contributed by atoms with Crippen LogP contribution in [-0.4, -0.2) is 36.5 Å². The van der Waals surface area contributed by atoms with E-state index in [4.69, 9.17) is 9.72 Å². The van der Waals surface area contributed by atoms with Crippen molar-refractivity contribution in [2.75, 3.05) is 5.32 Å². The number of benzene rings is 2. The Kier molecular flexibility index (Phi) is 7.02. The molecule has 7 heteroatoms. The first-order chi connectivity index (χ1) is 18.9. The molecule has 200 valence electrons. The van der Waals surface area contributed by atoms with Crippen molar-refractivity contribution in [3.05, 3.63) is 96.6 Å². The average Bonchev–Trinajstić information content (AvgIpc) is 3.54. The zero-order chi connectivity index (χ0) is 26.8. The van der Waals surface area contributed by atoms with Crippen LogP contribution in [-0.2, 0) is 17.7 Å². The molecule has 1 saturated carbocycles. The summed E-state index contributed by atoms with van der Waals surface area (Å²) in [5.74, 6) is 0.0288. The summed E-state index contributed by atoms with van der Waals surface area (Å²) in [6.45, 7) is 4.18. The molecule has 39 heavy (non-hydrogen) atoms. The van der Waals surface area contributed by atoms with E-state index in [0.717, 1.165) is 60.0 Å². The van der Waals surface area contributed by atoms with Crippen LogP contribution in [0.3, 0.4) is 0 Å². The van der Waals surface area contributed by atoms with Crippen molar-refractivity contribution in [3.63, 3.8) is 0 Å². The van der Waals surface area contributed by atoms with Gasteiger partial charge in [-0.1, -0.05) is 42.5 Å². The number of ether oxygens (including phenoxy) is 1. The van der Waals surface area contributed by atoms with Gasteiger partial charge in [0.05, 0.1) is 11.6 Å². The zero-order valence-electron chi connectivity index (χ0n) is 22.5. The number of aryl methyl sites for hydroxylation is 1. The Morgan fingerprint density at radius 1 is 1.00 bits per heavy atom. The van der Waals surface area contributed by atoms with Gasteiger partial charge in [0.1, 0.15) is 17.8 Å². The lowest BCUT2D eigenvalue weighted by molar-refractivity contribution is -0.212. The molecule has 7 nitrogen and oxygen atoms in total. The van der Waals surface area contributed by atoms with Gasteiger partial charge >= 0.3 is 0 Å². The molecule has 0 saturated heterocycles. The first-order valence-electron chi connectivity index (χ1n) is 13.8. The lowest BCUT2D eigenvalue weighted by Crippen LogP contribution is -2.32. The Bertz CT molecular complexity index is 1560. The van der Waals surface area contributed by atoms with E-state index in [1.807, 2.05) is 18.3 Å². The van der Waals surface area contributed by atoms with Gasteiger partial charge in [0.15, 0.2) is 5.79 Å². The largest absolute Gasteiger partial charge is 0.366 e. The maximum Gasteiger partial charge on any atom is 0.160 e. The second-order valence-corrected chi connectivity index (χ2v) is 11.1. The summed E-state index contributed by atoms with van der Waals surface area (Å²) in [7, 11) is 0. The molecule has 1 fully saturated rings. The highest BCUT2D eigenvalue weighted by Crippen LogP contribution is 2.41. The first kappa shape index (κ1) is 25.5. The third-order valence-electron chi connectivity index (χ3n) is 7.69. The molecule has 5 aromatic rings. The Labute approximate surface area is 228 Å². The fourth-order valence-electron chi connectivity index (χ4n) is 5.85. The molecular weight excluding hydrogens is 486 g/mol. The van der Waals surface area contributed by atoms with Crippen LogP contribution >= 0.6 is 0 Å². The van der Waals surface area contributed by atoms with Gasteiger partial charge in [-0.25, -0.2) is 15.0 Å². The summed E-state index contributed by atoms with van der Waals surface area (Å²) < 4.78 is 8.43. The summed E-state index contributed by atoms with van der Waals surface area (Å²) in [5.41, 5.74) is 4.44. The highest BCUT2D eigenvalue weighted by molar-refractivity contribution is 5.81. The van der Waals surface area contributed by atoms with Gasteiger partial charge in [-0.05, 0) is 80.8 Å². The molecule has 2 aromatic carbocycles. The number of aromatic nitrogens is 4. The Morgan fingerprint density at radius 3 is 2.69 bits per heavy atom. The zero-order valence-corrected chi connectivity index (χ0v) is 22.5. The number of fused-ring (bicyclic) bond motifs is 2. The van der Waals surface area contributed by atoms with Crippen molar-refractivity contribution < 1.29 is 9.84 Å². The van der Waals surface area contributed by atoms with Crippen molar-refractivity contribution in [1.82, 2.24) is 19.5 Å². The van der Waals surface area contributed by atoms with Crippen LogP contribution in [0.5, 0.6) is 0 Å². The molecule has 3 aromatic heterocycles. The van der Waals surface area contributed by atoms with E-state index < -0.39 is 5.79 Å². The van der Waals surface area contributed by atoms with Crippen LogP contribution in [0.1, 0.15) is 50.3 Å². The predicted molar refractivity (Wildman–Crippen MR) is 154 cm³/mol. The Morgan fingerprint density at radius 2 is 1.85 bits per heavy atom. The van der Waals surface area contributed by atoms with E-state index in [9.17, 15) is 5.11 Å². The van der Waals surface area contributed by atoms with E-state index in [0.29, 0.717) is 5.92 Å². The second-order valence-electron chi connectivity index (χ2n) is 11.1. The fourth-order valence-corrected chi connectivity index (χ4v) is 5.85. The fraction of sp³-hybridized carbons (Fsp3) is 0.344. The molecule has 3 atom stereocenters. The number of rotatable bonds is 9. The van der Waals surface area contributed by atoms with Crippen molar-refractivity contribution in [1.29, 1.82) is 0 Å². The highest BCUT2D eigenvalue weighted by atomic mass is 16.6. The maximum absolute atomic E-state index is 10.5. The molecule has 3 heterocycles. The monoisotopic (exact) mass is 521 g/mol. The third kappa shape index (κ3) is 5.95. The molecule has 1 aliphatic carbocycles. The molecule has 1 aliphatic rings. The number of pyridine rings is 1. The molecule has 0 radical (unpaired) electrons. The molecule has 0 aliphatic heterocycles. The number of nitrogens with one attached hydrogen (secondary N) is 1. The minimum Gasteiger partial charge on any atom is -0.366 e. The van der Waals surface area contributed by atoms with Crippen LogP contribution < -0.4 is 5.32 Å². The summed E-state index contributed by atoms with van der Waals surface area (Å²) in [6, 6.07) is 23.4. The quantitative estimate of drug-likeness (QED) is 0.222. The summed E-state index contributed by atoms with van der Waals surface area (Å²) in [4.78, 5) is 13.6. The van der Waals surface area contributed by atoms with E-state index in [1.54, 1.807) is 20.2 Å². The second kappa shape index (κ2) is 10.8. The standard InChI is InChI=1S/C32H35N5O2/c1-32(2,38)39-29-18-27(37-15-14-26-20-33-21-35-31(26)37)17-25(29)11-9-22-8-10-24-12-13-30(36-28(24)16-22)34-19-23-6-4-3-5-7-23/h3-8,10,12-16,20-21,25,27,29,38H,9,11,17-19H2,1-2H3,(H,34,36)/t25-,27+,29-/m0/s1. The van der Waals surface area contributed by atoms with Gasteiger partial charge in [-0.15, -0.1) is 0 Å². The lowest BCUT2D eigenvalue weighted by atomic mass is 9.95. The highest BCUT2D eigenvalue weighted by Gasteiger charge is 2.38. The van der Waals surface area contributed by atoms with Crippen molar-refractivity contribution in [3.8, 4) is 0 Å². The van der Waals surface area contributed by atoms with Crippen LogP contribution in [0.4, 0.5) is 5.82 Å².